The van der Waals surface area contributed by atoms with Gasteiger partial charge in [0.15, 0.2) is 28.5 Å². The number of benzene rings is 4. The van der Waals surface area contributed by atoms with Gasteiger partial charge in [0.05, 0.1) is 45.7 Å². The average Bonchev–Trinajstić information content (AvgIpc) is 3.26. The highest BCUT2D eigenvalue weighted by molar-refractivity contribution is 6.74. The predicted octanol–water partition coefficient (Wildman–Crippen LogP) is 11.4. The van der Waals surface area contributed by atoms with Crippen LogP contribution in [-0.2, 0) is 68.5 Å². The smallest absolute Gasteiger partial charge is 0.193 e. The Morgan fingerprint density at radius 3 is 1.50 bits per heavy atom. The van der Waals surface area contributed by atoms with E-state index in [0.717, 1.165) is 22.3 Å². The van der Waals surface area contributed by atoms with Crippen molar-refractivity contribution in [1.29, 1.82) is 0 Å². The molecule has 7 atom stereocenters. The number of ketones is 1. The van der Waals surface area contributed by atoms with Crippen LogP contribution in [0.25, 0.3) is 0 Å². The molecule has 0 bridgehead atoms. The van der Waals surface area contributed by atoms with Crippen molar-refractivity contribution in [1.82, 2.24) is 0 Å². The van der Waals surface area contributed by atoms with Crippen LogP contribution >= 0.6 is 0 Å². The molecular formula is C53H72O9Si2. The van der Waals surface area contributed by atoms with Gasteiger partial charge in [0.25, 0.3) is 0 Å². The average molecular weight is 909 g/mol. The maximum absolute atomic E-state index is 14.5. The van der Waals surface area contributed by atoms with Crippen molar-refractivity contribution in [2.75, 3.05) is 13.2 Å². The van der Waals surface area contributed by atoms with Crippen LogP contribution in [0.3, 0.4) is 0 Å². The fourth-order valence-electron chi connectivity index (χ4n) is 7.26. The third-order valence-electron chi connectivity index (χ3n) is 13.2. The fraction of sp³-hybridized carbons (Fsp3) is 0.491. The number of carbonyl (C=O) groups excluding carboxylic acids is 1. The minimum absolute atomic E-state index is 0.0111. The van der Waals surface area contributed by atoms with Gasteiger partial charge in [-0.3, -0.25) is 4.79 Å². The van der Waals surface area contributed by atoms with E-state index in [2.05, 4.69) is 67.7 Å². The van der Waals surface area contributed by atoms with E-state index in [4.69, 9.17) is 37.3 Å². The molecule has 2 heterocycles. The summed E-state index contributed by atoms with van der Waals surface area (Å²) in [6.07, 6.45) is -2.62. The Balaban J connectivity index is 1.39. The Labute approximate surface area is 385 Å². The summed E-state index contributed by atoms with van der Waals surface area (Å²) in [5.74, 6) is 0.496. The van der Waals surface area contributed by atoms with Crippen molar-refractivity contribution >= 4 is 22.4 Å². The third-order valence-corrected chi connectivity index (χ3v) is 22.1. The normalized spacial score (nSPS) is 24.1. The largest absolute Gasteiger partial charge is 0.487 e. The highest BCUT2D eigenvalue weighted by atomic mass is 28.4. The molecule has 11 heteroatoms. The lowest BCUT2D eigenvalue weighted by Crippen LogP contribution is -2.57. The molecule has 2 fully saturated rings. The van der Waals surface area contributed by atoms with Gasteiger partial charge in [-0.1, -0.05) is 163 Å². The molecule has 9 nitrogen and oxygen atoms in total. The van der Waals surface area contributed by atoms with Gasteiger partial charge in [0, 0.05) is 6.42 Å². The number of rotatable bonds is 19. The van der Waals surface area contributed by atoms with Crippen molar-refractivity contribution in [2.24, 2.45) is 0 Å². The fourth-order valence-corrected chi connectivity index (χ4v) is 9.54. The summed E-state index contributed by atoms with van der Waals surface area (Å²) in [6.45, 7) is 23.7. The molecule has 4 aromatic rings. The maximum atomic E-state index is 14.5. The first-order chi connectivity index (χ1) is 30.4. The number of hydrogen-bond acceptors (Lipinski definition) is 9. The number of Topliss-reactive ketones (excluding diaryl/α,β-unsaturated/α-hetero) is 1. The summed E-state index contributed by atoms with van der Waals surface area (Å²) in [4.78, 5) is 14.5. The highest BCUT2D eigenvalue weighted by Crippen LogP contribution is 2.41. The molecule has 4 aromatic carbocycles. The quantitative estimate of drug-likeness (QED) is 0.0853. The van der Waals surface area contributed by atoms with Crippen molar-refractivity contribution in [2.45, 2.75) is 153 Å². The molecule has 0 saturated carbocycles. The second kappa shape index (κ2) is 22.2. The summed E-state index contributed by atoms with van der Waals surface area (Å²) in [5.41, 5.74) is 4.08. The van der Waals surface area contributed by atoms with Crippen LogP contribution in [0.15, 0.2) is 133 Å². The second-order valence-electron chi connectivity index (χ2n) is 20.2. The predicted molar refractivity (Wildman–Crippen MR) is 258 cm³/mol. The standard InChI is InChI=1S/C53H72O9Si2/c1-52(2,3)63(7,8)59-38-47-48(62-64(9,10)53(4,5)6)44(54)31-43(60-47)32-45-49(56-34-40-25-17-12-18-26-40)51(58-36-42-29-21-14-22-30-42)50(57-35-41-27-19-13-20-28-41)46(61-45)37-55-33-39-23-15-11-16-24-39/h11-30,32,43,46-51H,31,33-38H2,1-10H3/b45-32-/t43-,46+,47+,48+,49-,50+,51+/m0/s1. The SMILES string of the molecule is CC(C)(C)[Si](C)(C)OC[C@H]1O[C@H](/C=C2\O[C@H](COCc3ccccc3)[C@@H](OCc3ccccc3)[C@H](OCc3ccccc3)[C@H]2OCc2ccccc2)CC(=O)[C@H]1O[Si](C)(C)C(C)(C)C. The van der Waals surface area contributed by atoms with E-state index in [1.807, 2.05) is 127 Å². The van der Waals surface area contributed by atoms with E-state index in [-0.39, 0.29) is 42.1 Å². The topological polar surface area (TPSA) is 90.9 Å². The Bertz CT molecular complexity index is 2050. The van der Waals surface area contributed by atoms with Gasteiger partial charge >= 0.3 is 0 Å². The Morgan fingerprint density at radius 1 is 0.562 bits per heavy atom. The Morgan fingerprint density at radius 2 is 1.02 bits per heavy atom. The summed E-state index contributed by atoms with van der Waals surface area (Å²) in [7, 11) is -4.62. The van der Waals surface area contributed by atoms with Gasteiger partial charge in [-0.2, -0.15) is 0 Å². The van der Waals surface area contributed by atoms with Gasteiger partial charge in [0.1, 0.15) is 36.3 Å². The molecule has 346 valence electrons. The first-order valence-corrected chi connectivity index (χ1v) is 28.7. The van der Waals surface area contributed by atoms with Crippen LogP contribution in [0.5, 0.6) is 0 Å². The molecule has 0 spiro atoms. The lowest BCUT2D eigenvalue weighted by molar-refractivity contribution is -0.224. The molecule has 0 amide bonds. The minimum atomic E-state index is -2.39. The Hall–Kier alpha value is -3.76. The highest BCUT2D eigenvalue weighted by Gasteiger charge is 2.50. The van der Waals surface area contributed by atoms with Crippen molar-refractivity contribution in [3.8, 4) is 0 Å². The molecule has 64 heavy (non-hydrogen) atoms. The van der Waals surface area contributed by atoms with Crippen LogP contribution < -0.4 is 0 Å². The summed E-state index contributed by atoms with van der Waals surface area (Å²) < 4.78 is 54.9. The van der Waals surface area contributed by atoms with E-state index in [1.54, 1.807) is 0 Å². The monoisotopic (exact) mass is 908 g/mol. The lowest BCUT2D eigenvalue weighted by Gasteiger charge is -2.45. The Kier molecular flexibility index (Phi) is 17.2. The van der Waals surface area contributed by atoms with E-state index >= 15 is 0 Å². The zero-order valence-electron chi connectivity index (χ0n) is 39.8. The van der Waals surface area contributed by atoms with Crippen LogP contribution in [0.1, 0.15) is 70.2 Å². The van der Waals surface area contributed by atoms with Gasteiger partial charge < -0.3 is 37.3 Å². The van der Waals surface area contributed by atoms with Crippen molar-refractivity contribution in [3.05, 3.63) is 155 Å². The third kappa shape index (κ3) is 13.7. The van der Waals surface area contributed by atoms with E-state index in [9.17, 15) is 4.79 Å². The van der Waals surface area contributed by atoms with Crippen molar-refractivity contribution < 1.29 is 42.1 Å². The molecule has 2 saturated heterocycles. The van der Waals surface area contributed by atoms with Crippen LogP contribution in [0.2, 0.25) is 36.3 Å². The van der Waals surface area contributed by atoms with Gasteiger partial charge in [-0.25, -0.2) is 0 Å². The molecule has 0 unspecified atom stereocenters. The molecule has 0 N–H and O–H groups in total. The zero-order valence-corrected chi connectivity index (χ0v) is 41.8. The molecule has 6 rings (SSSR count). The van der Waals surface area contributed by atoms with Gasteiger partial charge in [-0.15, -0.1) is 0 Å². The molecule has 2 aliphatic heterocycles. The second-order valence-corrected chi connectivity index (χ2v) is 29.8. The zero-order chi connectivity index (χ0) is 46.0. The first kappa shape index (κ1) is 49.7. The summed E-state index contributed by atoms with van der Waals surface area (Å²) in [6, 6.07) is 40.3. The van der Waals surface area contributed by atoms with E-state index in [1.165, 1.54) is 0 Å². The molecular weight excluding hydrogens is 837 g/mol. The lowest BCUT2D eigenvalue weighted by atomic mass is 9.94. The number of hydrogen-bond donors (Lipinski definition) is 0. The minimum Gasteiger partial charge on any atom is -0.487 e. The maximum Gasteiger partial charge on any atom is 0.193 e. The number of carbonyl (C=O) groups is 1. The molecule has 0 aliphatic carbocycles. The number of ether oxygens (including phenoxy) is 6. The van der Waals surface area contributed by atoms with Crippen LogP contribution in [0.4, 0.5) is 0 Å². The molecule has 2 aliphatic rings. The van der Waals surface area contributed by atoms with E-state index in [0.29, 0.717) is 25.6 Å². The van der Waals surface area contributed by atoms with Crippen molar-refractivity contribution in [3.63, 3.8) is 0 Å². The van der Waals surface area contributed by atoms with E-state index < -0.39 is 59.4 Å². The summed E-state index contributed by atoms with van der Waals surface area (Å²) >= 11 is 0. The summed E-state index contributed by atoms with van der Waals surface area (Å²) in [5, 5.41) is -0.144. The first-order valence-electron chi connectivity index (χ1n) is 22.9. The van der Waals surface area contributed by atoms with Crippen LogP contribution in [0, 0.1) is 0 Å². The molecule has 0 radical (unpaired) electrons. The molecule has 0 aromatic heterocycles. The van der Waals surface area contributed by atoms with Gasteiger partial charge in [0.2, 0.25) is 0 Å². The van der Waals surface area contributed by atoms with Crippen LogP contribution in [-0.4, -0.2) is 78.4 Å². The van der Waals surface area contributed by atoms with Gasteiger partial charge in [-0.05, 0) is 64.6 Å².